The minimum Gasteiger partial charge on any atom is -0.495 e. The minimum absolute atomic E-state index is 0.301. The molecule has 0 saturated carbocycles. The number of nitrogens with one attached hydrogen (secondary N) is 2. The average molecular weight is 504 g/mol. The Bertz CT molecular complexity index is 1230. The van der Waals surface area contributed by atoms with Crippen molar-refractivity contribution < 1.29 is 9.53 Å². The van der Waals surface area contributed by atoms with Crippen molar-refractivity contribution in [3.05, 3.63) is 69.3 Å². The van der Waals surface area contributed by atoms with E-state index in [0.29, 0.717) is 49.4 Å². The van der Waals surface area contributed by atoms with Gasteiger partial charge in [0.2, 0.25) is 11.1 Å². The molecular weight excluding hydrogens is 481 g/mol. The molecule has 0 aliphatic carbocycles. The Morgan fingerprint density at radius 2 is 2.06 bits per heavy atom. The SMILES string of the molecule is CCCSc1nc2n(n1)C(c1ccc(Cl)cc1Cl)C(C(=O)Nc1ccccc1OC)=C(C)N2. The fourth-order valence-corrected chi connectivity index (χ4v) is 4.82. The number of hydrogen-bond acceptors (Lipinski definition) is 6. The number of thioether (sulfide) groups is 1. The minimum atomic E-state index is -0.593. The van der Waals surface area contributed by atoms with Gasteiger partial charge in [0, 0.05) is 27.1 Å². The predicted molar refractivity (Wildman–Crippen MR) is 134 cm³/mol. The van der Waals surface area contributed by atoms with Gasteiger partial charge in [0.15, 0.2) is 0 Å². The highest BCUT2D eigenvalue weighted by atomic mass is 35.5. The Morgan fingerprint density at radius 3 is 2.79 bits per heavy atom. The van der Waals surface area contributed by atoms with Gasteiger partial charge in [-0.2, -0.15) is 4.98 Å². The Hall–Kier alpha value is -2.68. The maximum Gasteiger partial charge on any atom is 0.255 e. The van der Waals surface area contributed by atoms with Crippen LogP contribution in [-0.2, 0) is 4.79 Å². The average Bonchev–Trinajstić information content (AvgIpc) is 3.19. The molecule has 1 amide bonds. The third-order valence-electron chi connectivity index (χ3n) is 5.13. The number of carbonyl (C=O) groups excluding carboxylic acids is 1. The highest BCUT2D eigenvalue weighted by Crippen LogP contribution is 2.40. The summed E-state index contributed by atoms with van der Waals surface area (Å²) in [4.78, 5) is 18.2. The number of nitrogens with zero attached hydrogens (tertiary/aromatic N) is 3. The number of ether oxygens (including phenoxy) is 1. The number of halogens is 2. The van der Waals surface area contributed by atoms with Gasteiger partial charge in [0.05, 0.1) is 18.4 Å². The number of rotatable bonds is 7. The third-order valence-corrected chi connectivity index (χ3v) is 6.73. The van der Waals surface area contributed by atoms with Crippen molar-refractivity contribution in [2.24, 2.45) is 0 Å². The summed E-state index contributed by atoms with van der Waals surface area (Å²) >= 11 is 14.3. The molecule has 7 nitrogen and oxygen atoms in total. The van der Waals surface area contributed by atoms with Crippen LogP contribution in [-0.4, -0.2) is 33.5 Å². The molecule has 2 N–H and O–H groups in total. The second kappa shape index (κ2) is 10.1. The van der Waals surface area contributed by atoms with Crippen LogP contribution in [0.5, 0.6) is 5.75 Å². The normalized spacial score (nSPS) is 15.1. The molecule has 0 bridgehead atoms. The summed E-state index contributed by atoms with van der Waals surface area (Å²) in [7, 11) is 1.56. The van der Waals surface area contributed by atoms with Gasteiger partial charge in [-0.05, 0) is 37.6 Å². The lowest BCUT2D eigenvalue weighted by molar-refractivity contribution is -0.113. The molecule has 0 spiro atoms. The molecule has 2 aromatic carbocycles. The predicted octanol–water partition coefficient (Wildman–Crippen LogP) is 6.02. The first kappa shape index (κ1) is 23.5. The highest BCUT2D eigenvalue weighted by molar-refractivity contribution is 7.99. The van der Waals surface area contributed by atoms with Crippen molar-refractivity contribution in [2.45, 2.75) is 31.5 Å². The van der Waals surface area contributed by atoms with E-state index in [1.807, 2.05) is 25.1 Å². The number of anilines is 2. The van der Waals surface area contributed by atoms with E-state index in [4.69, 9.17) is 33.0 Å². The van der Waals surface area contributed by atoms with Crippen molar-refractivity contribution >= 4 is 52.5 Å². The van der Waals surface area contributed by atoms with Crippen molar-refractivity contribution in [2.75, 3.05) is 23.5 Å². The maximum atomic E-state index is 13.6. The lowest BCUT2D eigenvalue weighted by atomic mass is 9.95. The number of aromatic nitrogens is 3. The van der Waals surface area contributed by atoms with Gasteiger partial charge < -0.3 is 15.4 Å². The first-order valence-corrected chi connectivity index (χ1v) is 12.1. The Kier molecular flexibility index (Phi) is 7.17. The van der Waals surface area contributed by atoms with Crippen molar-refractivity contribution in [3.63, 3.8) is 0 Å². The van der Waals surface area contributed by atoms with Crippen LogP contribution in [0.25, 0.3) is 0 Å². The molecule has 33 heavy (non-hydrogen) atoms. The smallest absolute Gasteiger partial charge is 0.255 e. The van der Waals surface area contributed by atoms with E-state index in [0.717, 1.165) is 12.2 Å². The molecule has 0 radical (unpaired) electrons. The monoisotopic (exact) mass is 503 g/mol. The summed E-state index contributed by atoms with van der Waals surface area (Å²) in [5.41, 5.74) is 2.39. The van der Waals surface area contributed by atoms with Crippen LogP contribution in [0.4, 0.5) is 11.6 Å². The largest absolute Gasteiger partial charge is 0.495 e. The zero-order valence-corrected chi connectivity index (χ0v) is 20.7. The second-order valence-electron chi connectivity index (χ2n) is 7.40. The van der Waals surface area contributed by atoms with E-state index in [-0.39, 0.29) is 5.91 Å². The number of amides is 1. The van der Waals surface area contributed by atoms with E-state index >= 15 is 0 Å². The molecule has 172 valence electrons. The quantitative estimate of drug-likeness (QED) is 0.383. The molecule has 10 heteroatoms. The molecule has 3 aromatic rings. The van der Waals surface area contributed by atoms with E-state index in [2.05, 4.69) is 22.5 Å². The van der Waals surface area contributed by atoms with Crippen LogP contribution < -0.4 is 15.4 Å². The topological polar surface area (TPSA) is 81.1 Å². The van der Waals surface area contributed by atoms with E-state index in [9.17, 15) is 4.79 Å². The zero-order chi connectivity index (χ0) is 23.5. The van der Waals surface area contributed by atoms with E-state index in [1.54, 1.807) is 47.8 Å². The summed E-state index contributed by atoms with van der Waals surface area (Å²) in [6, 6.07) is 11.9. The number of para-hydroxylation sites is 2. The van der Waals surface area contributed by atoms with E-state index < -0.39 is 6.04 Å². The second-order valence-corrected chi connectivity index (χ2v) is 9.30. The summed E-state index contributed by atoms with van der Waals surface area (Å²) < 4.78 is 7.09. The summed E-state index contributed by atoms with van der Waals surface area (Å²) in [6.45, 7) is 3.94. The number of benzene rings is 2. The lowest BCUT2D eigenvalue weighted by Crippen LogP contribution is -2.31. The Morgan fingerprint density at radius 1 is 1.27 bits per heavy atom. The fraction of sp³-hybridized carbons (Fsp3) is 0.261. The van der Waals surface area contributed by atoms with Crippen molar-refractivity contribution in [3.8, 4) is 5.75 Å². The molecule has 2 heterocycles. The molecule has 0 saturated heterocycles. The lowest BCUT2D eigenvalue weighted by Gasteiger charge is -2.29. The number of fused-ring (bicyclic) bond motifs is 1. The molecule has 1 aliphatic heterocycles. The summed E-state index contributed by atoms with van der Waals surface area (Å²) in [5.74, 6) is 1.71. The number of allylic oxidation sites excluding steroid dienone is 1. The van der Waals surface area contributed by atoms with Gasteiger partial charge in [0.1, 0.15) is 11.8 Å². The van der Waals surface area contributed by atoms with Crippen LogP contribution >= 0.6 is 35.0 Å². The van der Waals surface area contributed by atoms with Gasteiger partial charge in [-0.1, -0.05) is 60.1 Å². The number of methoxy groups -OCH3 is 1. The summed E-state index contributed by atoms with van der Waals surface area (Å²) in [5, 5.41) is 12.5. The molecule has 1 atom stereocenters. The molecule has 1 aromatic heterocycles. The Labute approximate surface area is 206 Å². The highest BCUT2D eigenvalue weighted by Gasteiger charge is 2.35. The fourth-order valence-electron chi connectivity index (χ4n) is 3.63. The van der Waals surface area contributed by atoms with Crippen molar-refractivity contribution in [1.82, 2.24) is 14.8 Å². The number of hydrogen-bond donors (Lipinski definition) is 2. The molecule has 1 unspecified atom stereocenters. The number of carbonyl (C=O) groups is 1. The van der Waals surface area contributed by atoms with Gasteiger partial charge >= 0.3 is 0 Å². The molecular formula is C23H23Cl2N5O2S. The van der Waals surface area contributed by atoms with Crippen LogP contribution in [0.1, 0.15) is 31.9 Å². The zero-order valence-electron chi connectivity index (χ0n) is 18.4. The standard InChI is InChI=1S/C23H23Cl2N5O2S/c1-4-11-33-23-28-22-26-13(2)19(21(31)27-17-7-5-6-8-18(17)32-3)20(30(22)29-23)15-10-9-14(24)12-16(15)25/h5-10,12,20H,4,11H2,1-3H3,(H,27,31)(H,26,28,29). The third kappa shape index (κ3) is 4.83. The first-order chi connectivity index (χ1) is 15.9. The first-order valence-electron chi connectivity index (χ1n) is 10.4. The maximum absolute atomic E-state index is 13.6. The van der Waals surface area contributed by atoms with Crippen LogP contribution in [0.3, 0.4) is 0 Å². The van der Waals surface area contributed by atoms with Crippen molar-refractivity contribution in [1.29, 1.82) is 0 Å². The molecule has 0 fully saturated rings. The molecule has 4 rings (SSSR count). The van der Waals surface area contributed by atoms with Gasteiger partial charge in [0.25, 0.3) is 5.91 Å². The van der Waals surface area contributed by atoms with Gasteiger partial charge in [-0.25, -0.2) is 4.68 Å². The Balaban J connectivity index is 1.80. The van der Waals surface area contributed by atoms with Crippen LogP contribution in [0, 0.1) is 0 Å². The summed E-state index contributed by atoms with van der Waals surface area (Å²) in [6.07, 6.45) is 0.998. The van der Waals surface area contributed by atoms with Crippen LogP contribution in [0.2, 0.25) is 10.0 Å². The van der Waals surface area contributed by atoms with Crippen LogP contribution in [0.15, 0.2) is 58.9 Å². The van der Waals surface area contributed by atoms with E-state index in [1.165, 1.54) is 0 Å². The molecule has 1 aliphatic rings. The van der Waals surface area contributed by atoms with Gasteiger partial charge in [-0.3, -0.25) is 4.79 Å². The van der Waals surface area contributed by atoms with Gasteiger partial charge in [-0.15, -0.1) is 5.10 Å².